The predicted octanol–water partition coefficient (Wildman–Crippen LogP) is 0.116. The summed E-state index contributed by atoms with van der Waals surface area (Å²) in [4.78, 5) is 22.4. The first kappa shape index (κ1) is 17.7. The Labute approximate surface area is 125 Å². The summed E-state index contributed by atoms with van der Waals surface area (Å²) in [5, 5.41) is 15.3. The molecule has 0 bridgehead atoms. The van der Waals surface area contributed by atoms with Crippen LogP contribution in [0.3, 0.4) is 0 Å². The molecule has 0 radical (unpaired) electrons. The topological polar surface area (TPSA) is 114 Å². The van der Waals surface area contributed by atoms with Gasteiger partial charge in [-0.1, -0.05) is 6.42 Å². The summed E-state index contributed by atoms with van der Waals surface area (Å²) >= 11 is 0. The maximum Gasteiger partial charge on any atom is 0.407 e. The van der Waals surface area contributed by atoms with Gasteiger partial charge in [-0.3, -0.25) is 4.79 Å². The number of carbonyl (C=O) groups excluding carboxylic acids is 2. The zero-order valence-electron chi connectivity index (χ0n) is 13.0. The number of aliphatic hydroxyl groups excluding tert-OH is 1. The summed E-state index contributed by atoms with van der Waals surface area (Å²) in [5.41, 5.74) is 4.50. The van der Waals surface area contributed by atoms with Crippen molar-refractivity contribution in [2.24, 2.45) is 11.7 Å². The quantitative estimate of drug-likeness (QED) is 0.556. The molecule has 7 heteroatoms. The molecule has 3 unspecified atom stereocenters. The molecule has 1 aliphatic rings. The highest BCUT2D eigenvalue weighted by molar-refractivity contribution is 5.78. The van der Waals surface area contributed by atoms with Crippen LogP contribution in [0.5, 0.6) is 0 Å². The highest BCUT2D eigenvalue weighted by Crippen LogP contribution is 2.25. The minimum Gasteiger partial charge on any atom is -0.444 e. The zero-order valence-corrected chi connectivity index (χ0v) is 13.0. The van der Waals surface area contributed by atoms with Crippen molar-refractivity contribution in [2.45, 2.75) is 57.8 Å². The SMILES string of the molecule is CC(C)(C)OC(=O)NCC1CCCC1NCC(O)C(N)=O. The summed E-state index contributed by atoms with van der Waals surface area (Å²) in [6.07, 6.45) is 1.38. The molecule has 21 heavy (non-hydrogen) atoms. The van der Waals surface area contributed by atoms with Crippen LogP contribution in [0.2, 0.25) is 0 Å². The number of rotatable bonds is 6. The lowest BCUT2D eigenvalue weighted by Crippen LogP contribution is -2.45. The standard InChI is InChI=1S/C14H27N3O4/c1-14(2,3)21-13(20)17-7-9-5-4-6-10(9)16-8-11(18)12(15)19/h9-11,16,18H,4-8H2,1-3H3,(H2,15,19)(H,17,20). The van der Waals surface area contributed by atoms with Crippen LogP contribution in [0.25, 0.3) is 0 Å². The molecule has 1 rings (SSSR count). The number of nitrogens with two attached hydrogens (primary N) is 1. The highest BCUT2D eigenvalue weighted by atomic mass is 16.6. The van der Waals surface area contributed by atoms with Crippen molar-refractivity contribution in [1.29, 1.82) is 0 Å². The minimum atomic E-state index is -1.18. The molecule has 0 saturated heterocycles. The molecule has 5 N–H and O–H groups in total. The Hall–Kier alpha value is -1.34. The number of hydrogen-bond donors (Lipinski definition) is 4. The lowest BCUT2D eigenvalue weighted by molar-refractivity contribution is -0.125. The fourth-order valence-corrected chi connectivity index (χ4v) is 2.44. The van der Waals surface area contributed by atoms with E-state index in [1.807, 2.05) is 20.8 Å². The van der Waals surface area contributed by atoms with Crippen molar-refractivity contribution in [1.82, 2.24) is 10.6 Å². The average Bonchev–Trinajstić information content (AvgIpc) is 2.78. The summed E-state index contributed by atoms with van der Waals surface area (Å²) in [6, 6.07) is 0.161. The normalized spacial score (nSPS) is 23.6. The van der Waals surface area contributed by atoms with Gasteiger partial charge in [0, 0.05) is 19.1 Å². The van der Waals surface area contributed by atoms with Crippen LogP contribution in [-0.2, 0) is 9.53 Å². The largest absolute Gasteiger partial charge is 0.444 e. The molecule has 2 amide bonds. The monoisotopic (exact) mass is 301 g/mol. The second-order valence-electron chi connectivity index (χ2n) is 6.51. The Balaban J connectivity index is 2.33. The summed E-state index contributed by atoms with van der Waals surface area (Å²) in [6.45, 7) is 6.11. The summed E-state index contributed by atoms with van der Waals surface area (Å²) in [5.74, 6) is -0.471. The first-order valence-corrected chi connectivity index (χ1v) is 7.36. The van der Waals surface area contributed by atoms with E-state index in [9.17, 15) is 14.7 Å². The Morgan fingerprint density at radius 1 is 1.38 bits per heavy atom. The summed E-state index contributed by atoms with van der Waals surface area (Å²) < 4.78 is 5.19. The van der Waals surface area contributed by atoms with Crippen molar-refractivity contribution in [3.63, 3.8) is 0 Å². The molecule has 0 spiro atoms. The van der Waals surface area contributed by atoms with Crippen LogP contribution in [0, 0.1) is 5.92 Å². The van der Waals surface area contributed by atoms with E-state index in [1.54, 1.807) is 0 Å². The van der Waals surface area contributed by atoms with E-state index in [0.717, 1.165) is 19.3 Å². The van der Waals surface area contributed by atoms with Gasteiger partial charge in [0.25, 0.3) is 0 Å². The van der Waals surface area contributed by atoms with Crippen LogP contribution in [-0.4, -0.2) is 47.9 Å². The van der Waals surface area contributed by atoms with Gasteiger partial charge in [0.05, 0.1) is 0 Å². The van der Waals surface area contributed by atoms with Crippen molar-refractivity contribution in [3.8, 4) is 0 Å². The minimum absolute atomic E-state index is 0.142. The molecule has 0 aromatic carbocycles. The first-order chi connectivity index (χ1) is 9.69. The van der Waals surface area contributed by atoms with Gasteiger partial charge < -0.3 is 26.2 Å². The average molecular weight is 301 g/mol. The van der Waals surface area contributed by atoms with Crippen LogP contribution >= 0.6 is 0 Å². The molecule has 3 atom stereocenters. The van der Waals surface area contributed by atoms with Crippen molar-refractivity contribution >= 4 is 12.0 Å². The Bertz CT molecular complexity index is 368. The molecule has 1 saturated carbocycles. The van der Waals surface area contributed by atoms with Crippen molar-refractivity contribution in [2.75, 3.05) is 13.1 Å². The Morgan fingerprint density at radius 3 is 2.62 bits per heavy atom. The Kier molecular flexibility index (Phi) is 6.42. The number of hydrogen-bond acceptors (Lipinski definition) is 5. The van der Waals surface area contributed by atoms with E-state index in [0.29, 0.717) is 6.54 Å². The van der Waals surface area contributed by atoms with E-state index in [1.165, 1.54) is 0 Å². The zero-order chi connectivity index (χ0) is 16.0. The smallest absolute Gasteiger partial charge is 0.407 e. The molecule has 0 aromatic rings. The fourth-order valence-electron chi connectivity index (χ4n) is 2.44. The molecular formula is C14H27N3O4. The molecular weight excluding hydrogens is 274 g/mol. The Morgan fingerprint density at radius 2 is 2.05 bits per heavy atom. The lowest BCUT2D eigenvalue weighted by atomic mass is 10.0. The van der Waals surface area contributed by atoms with E-state index in [2.05, 4.69) is 10.6 Å². The number of amides is 2. The second-order valence-corrected chi connectivity index (χ2v) is 6.51. The third kappa shape index (κ3) is 6.77. The van der Waals surface area contributed by atoms with Crippen molar-refractivity contribution < 1.29 is 19.4 Å². The van der Waals surface area contributed by atoms with Gasteiger partial charge >= 0.3 is 6.09 Å². The van der Waals surface area contributed by atoms with Gasteiger partial charge in [0.2, 0.25) is 5.91 Å². The van der Waals surface area contributed by atoms with Gasteiger partial charge in [0.15, 0.2) is 0 Å². The van der Waals surface area contributed by atoms with Gasteiger partial charge in [-0.25, -0.2) is 4.79 Å². The van der Waals surface area contributed by atoms with E-state index in [-0.39, 0.29) is 18.5 Å². The summed E-state index contributed by atoms with van der Waals surface area (Å²) in [7, 11) is 0. The van der Waals surface area contributed by atoms with Crippen LogP contribution in [0.15, 0.2) is 0 Å². The molecule has 0 heterocycles. The van der Waals surface area contributed by atoms with Crippen LogP contribution in [0.4, 0.5) is 4.79 Å². The maximum absolute atomic E-state index is 11.6. The number of ether oxygens (including phenoxy) is 1. The molecule has 0 aliphatic heterocycles. The van der Waals surface area contributed by atoms with Gasteiger partial charge in [-0.2, -0.15) is 0 Å². The fraction of sp³-hybridized carbons (Fsp3) is 0.857. The molecule has 1 fully saturated rings. The third-order valence-corrected chi connectivity index (χ3v) is 3.47. The maximum atomic E-state index is 11.6. The molecule has 122 valence electrons. The highest BCUT2D eigenvalue weighted by Gasteiger charge is 2.28. The first-order valence-electron chi connectivity index (χ1n) is 7.36. The number of primary amides is 1. The van der Waals surface area contributed by atoms with Gasteiger partial charge in [0.1, 0.15) is 11.7 Å². The number of carbonyl (C=O) groups is 2. The van der Waals surface area contributed by atoms with Gasteiger partial charge in [-0.15, -0.1) is 0 Å². The lowest BCUT2D eigenvalue weighted by Gasteiger charge is -2.24. The van der Waals surface area contributed by atoms with Crippen molar-refractivity contribution in [3.05, 3.63) is 0 Å². The van der Waals surface area contributed by atoms with Crippen LogP contribution < -0.4 is 16.4 Å². The van der Waals surface area contributed by atoms with E-state index >= 15 is 0 Å². The molecule has 1 aliphatic carbocycles. The van der Waals surface area contributed by atoms with Crippen LogP contribution in [0.1, 0.15) is 40.0 Å². The number of aliphatic hydroxyl groups is 1. The number of nitrogens with one attached hydrogen (secondary N) is 2. The molecule has 0 aromatic heterocycles. The predicted molar refractivity (Wildman–Crippen MR) is 78.6 cm³/mol. The van der Waals surface area contributed by atoms with E-state index < -0.39 is 23.7 Å². The third-order valence-electron chi connectivity index (χ3n) is 3.47. The molecule has 7 nitrogen and oxygen atoms in total. The second kappa shape index (κ2) is 7.61. The van der Waals surface area contributed by atoms with E-state index in [4.69, 9.17) is 10.5 Å². The van der Waals surface area contributed by atoms with Gasteiger partial charge in [-0.05, 0) is 39.5 Å². The number of alkyl carbamates (subject to hydrolysis) is 1.